The fourth-order valence-corrected chi connectivity index (χ4v) is 6.73. The van der Waals surface area contributed by atoms with E-state index in [2.05, 4.69) is 4.98 Å². The lowest BCUT2D eigenvalue weighted by atomic mass is 10.2. The summed E-state index contributed by atoms with van der Waals surface area (Å²) in [4.78, 5) is 19.9. The highest BCUT2D eigenvalue weighted by atomic mass is 32.2. The van der Waals surface area contributed by atoms with Crippen LogP contribution < -0.4 is 4.90 Å². The molecule has 0 aliphatic rings. The smallest absolute Gasteiger partial charge is 0.229 e. The number of hydrogen-bond acceptors (Lipinski definition) is 7. The number of anilines is 1. The summed E-state index contributed by atoms with van der Waals surface area (Å²) < 4.78 is 50.0. The Balaban J connectivity index is 1.56. The molecule has 36 heavy (non-hydrogen) atoms. The Morgan fingerprint density at radius 2 is 1.58 bits per heavy atom. The van der Waals surface area contributed by atoms with Gasteiger partial charge in [0.1, 0.15) is 0 Å². The molecule has 0 aliphatic carbocycles. The Morgan fingerprint density at radius 3 is 2.25 bits per heavy atom. The lowest BCUT2D eigenvalue weighted by molar-refractivity contribution is -0.118. The van der Waals surface area contributed by atoms with E-state index in [1.54, 1.807) is 41.3 Å². The summed E-state index contributed by atoms with van der Waals surface area (Å²) in [7, 11) is -6.88. The van der Waals surface area contributed by atoms with E-state index in [0.717, 1.165) is 17.4 Å². The molecule has 4 aromatic rings. The van der Waals surface area contributed by atoms with Gasteiger partial charge in [-0.2, -0.15) is 0 Å². The second-order valence-corrected chi connectivity index (χ2v) is 13.7. The number of fused-ring (bicyclic) bond motifs is 1. The number of nitrogens with zero attached hydrogens (tertiary/aromatic N) is 2. The van der Waals surface area contributed by atoms with E-state index in [-0.39, 0.29) is 40.8 Å². The number of amides is 1. The molecule has 0 fully saturated rings. The van der Waals surface area contributed by atoms with Crippen LogP contribution in [0, 0.1) is 6.92 Å². The normalized spacial score (nSPS) is 12.1. The standard InChI is InChI=1S/C26H26N2O5S3/c1-19-10-12-21(13-11-19)36(32,33)16-6-9-25(29)28(18-20-7-4-3-5-8-20)26-27-23-15-14-22(35(2,30)31)17-24(23)34-26/h3-5,7-8,10-15,17H,6,9,16,18H2,1-2H3. The Bertz CT molecular complexity index is 1590. The number of sulfone groups is 2. The molecule has 0 aliphatic heterocycles. The fraction of sp³-hybridized carbons (Fsp3) is 0.231. The van der Waals surface area contributed by atoms with E-state index in [1.807, 2.05) is 37.3 Å². The fourth-order valence-electron chi connectivity index (χ4n) is 3.68. The van der Waals surface area contributed by atoms with Crippen molar-refractivity contribution in [3.63, 3.8) is 0 Å². The van der Waals surface area contributed by atoms with Crippen LogP contribution in [0.5, 0.6) is 0 Å². The molecule has 1 heterocycles. The number of aryl methyl sites for hydroxylation is 1. The first-order chi connectivity index (χ1) is 17.0. The Kier molecular flexibility index (Phi) is 7.58. The van der Waals surface area contributed by atoms with Crippen LogP contribution in [0.25, 0.3) is 10.2 Å². The van der Waals surface area contributed by atoms with Crippen molar-refractivity contribution in [3.05, 3.63) is 83.9 Å². The Hall–Kier alpha value is -3.08. The van der Waals surface area contributed by atoms with Gasteiger partial charge in [-0.05, 0) is 49.2 Å². The molecule has 0 unspecified atom stereocenters. The van der Waals surface area contributed by atoms with Crippen molar-refractivity contribution in [3.8, 4) is 0 Å². The topological polar surface area (TPSA) is 101 Å². The maximum Gasteiger partial charge on any atom is 0.229 e. The van der Waals surface area contributed by atoms with Gasteiger partial charge in [0.05, 0.1) is 32.3 Å². The summed E-state index contributed by atoms with van der Waals surface area (Å²) in [6, 6.07) is 20.8. The third-order valence-electron chi connectivity index (χ3n) is 5.68. The van der Waals surface area contributed by atoms with Crippen molar-refractivity contribution in [1.82, 2.24) is 4.98 Å². The zero-order chi connectivity index (χ0) is 25.9. The average Bonchev–Trinajstić information content (AvgIpc) is 3.26. The lowest BCUT2D eigenvalue weighted by Crippen LogP contribution is -2.30. The molecule has 7 nitrogen and oxygen atoms in total. The molecule has 10 heteroatoms. The maximum absolute atomic E-state index is 13.3. The molecule has 0 radical (unpaired) electrons. The molecule has 4 rings (SSSR count). The molecule has 1 amide bonds. The molecular weight excluding hydrogens is 516 g/mol. The lowest BCUT2D eigenvalue weighted by Gasteiger charge is -2.20. The Labute approximate surface area is 215 Å². The van der Waals surface area contributed by atoms with Gasteiger partial charge in [0.2, 0.25) is 5.91 Å². The van der Waals surface area contributed by atoms with Crippen LogP contribution in [0.4, 0.5) is 5.13 Å². The van der Waals surface area contributed by atoms with E-state index < -0.39 is 19.7 Å². The van der Waals surface area contributed by atoms with Crippen LogP contribution in [-0.4, -0.2) is 39.7 Å². The highest BCUT2D eigenvalue weighted by Crippen LogP contribution is 2.32. The molecule has 0 N–H and O–H groups in total. The molecule has 0 saturated heterocycles. The summed E-state index contributed by atoms with van der Waals surface area (Å²) in [5, 5.41) is 0.436. The van der Waals surface area contributed by atoms with Gasteiger partial charge in [0.15, 0.2) is 24.8 Å². The number of benzene rings is 3. The van der Waals surface area contributed by atoms with E-state index in [4.69, 9.17) is 0 Å². The van der Waals surface area contributed by atoms with Gasteiger partial charge in [0.25, 0.3) is 0 Å². The van der Waals surface area contributed by atoms with Crippen molar-refractivity contribution in [2.45, 2.75) is 36.1 Å². The summed E-state index contributed by atoms with van der Waals surface area (Å²) in [5.74, 6) is -0.390. The summed E-state index contributed by atoms with van der Waals surface area (Å²) in [5.41, 5.74) is 2.46. The van der Waals surface area contributed by atoms with Crippen molar-refractivity contribution < 1.29 is 21.6 Å². The zero-order valence-corrected chi connectivity index (χ0v) is 22.4. The van der Waals surface area contributed by atoms with E-state index in [1.165, 1.54) is 17.4 Å². The third-order valence-corrected chi connectivity index (χ3v) is 9.64. The van der Waals surface area contributed by atoms with Crippen molar-refractivity contribution in [2.24, 2.45) is 0 Å². The van der Waals surface area contributed by atoms with Crippen LogP contribution in [0.2, 0.25) is 0 Å². The first-order valence-electron chi connectivity index (χ1n) is 11.3. The minimum atomic E-state index is -3.50. The van der Waals surface area contributed by atoms with Crippen LogP contribution in [-0.2, 0) is 31.0 Å². The van der Waals surface area contributed by atoms with E-state index in [0.29, 0.717) is 15.3 Å². The number of hydrogen-bond donors (Lipinski definition) is 0. The molecule has 0 atom stereocenters. The Morgan fingerprint density at radius 1 is 0.917 bits per heavy atom. The van der Waals surface area contributed by atoms with Crippen molar-refractivity contribution in [1.29, 1.82) is 0 Å². The highest BCUT2D eigenvalue weighted by molar-refractivity contribution is 7.91. The third kappa shape index (κ3) is 6.18. The van der Waals surface area contributed by atoms with Crippen LogP contribution >= 0.6 is 11.3 Å². The average molecular weight is 543 g/mol. The van der Waals surface area contributed by atoms with Gasteiger partial charge >= 0.3 is 0 Å². The zero-order valence-electron chi connectivity index (χ0n) is 19.9. The van der Waals surface area contributed by atoms with Crippen LogP contribution in [0.15, 0.2) is 82.6 Å². The molecule has 0 saturated carbocycles. The van der Waals surface area contributed by atoms with Gasteiger partial charge < -0.3 is 0 Å². The maximum atomic E-state index is 13.3. The molecule has 188 valence electrons. The van der Waals surface area contributed by atoms with Gasteiger partial charge in [-0.25, -0.2) is 21.8 Å². The number of rotatable bonds is 9. The molecule has 1 aromatic heterocycles. The summed E-state index contributed by atoms with van der Waals surface area (Å²) >= 11 is 1.23. The first kappa shape index (κ1) is 26.0. The van der Waals surface area contributed by atoms with Crippen molar-refractivity contribution in [2.75, 3.05) is 16.9 Å². The van der Waals surface area contributed by atoms with Crippen molar-refractivity contribution >= 4 is 52.3 Å². The van der Waals surface area contributed by atoms with E-state index >= 15 is 0 Å². The quantitative estimate of drug-likeness (QED) is 0.301. The SMILES string of the molecule is Cc1ccc(S(=O)(=O)CCCC(=O)N(Cc2ccccc2)c2nc3ccc(S(C)(=O)=O)cc3s2)cc1. The molecule has 0 spiro atoms. The van der Waals surface area contributed by atoms with E-state index in [9.17, 15) is 21.6 Å². The minimum absolute atomic E-state index is 0.0302. The second-order valence-electron chi connectivity index (χ2n) is 8.60. The summed E-state index contributed by atoms with van der Waals surface area (Å²) in [6.07, 6.45) is 1.35. The first-order valence-corrected chi connectivity index (χ1v) is 15.6. The molecule has 3 aromatic carbocycles. The monoisotopic (exact) mass is 542 g/mol. The van der Waals surface area contributed by atoms with Crippen LogP contribution in [0.3, 0.4) is 0 Å². The van der Waals surface area contributed by atoms with Gasteiger partial charge in [-0.15, -0.1) is 0 Å². The molecule has 0 bridgehead atoms. The number of thiazole rings is 1. The largest absolute Gasteiger partial charge is 0.284 e. The van der Waals surface area contributed by atoms with Crippen LogP contribution in [0.1, 0.15) is 24.0 Å². The van der Waals surface area contributed by atoms with Gasteiger partial charge in [-0.1, -0.05) is 59.4 Å². The number of aromatic nitrogens is 1. The predicted octanol–water partition coefficient (Wildman–Crippen LogP) is 4.80. The van der Waals surface area contributed by atoms with Gasteiger partial charge in [0, 0.05) is 12.7 Å². The number of carbonyl (C=O) groups excluding carboxylic acids is 1. The van der Waals surface area contributed by atoms with Gasteiger partial charge in [-0.3, -0.25) is 9.69 Å². The minimum Gasteiger partial charge on any atom is -0.284 e. The highest BCUT2D eigenvalue weighted by Gasteiger charge is 2.22. The number of carbonyl (C=O) groups is 1. The summed E-state index contributed by atoms with van der Waals surface area (Å²) in [6.45, 7) is 2.16. The molecular formula is C26H26N2O5S3. The predicted molar refractivity (Wildman–Crippen MR) is 143 cm³/mol. The second kappa shape index (κ2) is 10.5.